The molecule has 0 bridgehead atoms. The second-order valence-electron chi connectivity index (χ2n) is 7.11. The van der Waals surface area contributed by atoms with Crippen LogP contribution in [0.3, 0.4) is 0 Å². The molecule has 0 radical (unpaired) electrons. The predicted octanol–water partition coefficient (Wildman–Crippen LogP) is 3.28. The number of rotatable bonds is 12. The van der Waals surface area contributed by atoms with Crippen molar-refractivity contribution >= 4 is 10.0 Å². The van der Waals surface area contributed by atoms with Crippen molar-refractivity contribution < 1.29 is 13.2 Å². The van der Waals surface area contributed by atoms with Crippen LogP contribution in [-0.2, 0) is 10.0 Å². The number of unbranched alkanes of at least 4 members (excludes halogenated alkanes) is 2. The summed E-state index contributed by atoms with van der Waals surface area (Å²) in [6, 6.07) is 5.65. The third-order valence-electron chi connectivity index (χ3n) is 4.67. The van der Waals surface area contributed by atoms with E-state index in [2.05, 4.69) is 4.72 Å². The summed E-state index contributed by atoms with van der Waals surface area (Å²) in [5, 5.41) is 0. The lowest BCUT2D eigenvalue weighted by molar-refractivity contribution is 0.300. The summed E-state index contributed by atoms with van der Waals surface area (Å²) in [7, 11) is -3.28. The Hall–Kier alpha value is -1.11. The molecular formula is C19H32N2O3S. The summed E-state index contributed by atoms with van der Waals surface area (Å²) >= 11 is 0. The van der Waals surface area contributed by atoms with Crippen molar-refractivity contribution in [3.8, 4) is 5.75 Å². The standard InChI is InChI=1S/C19H32N2O3S/c1-15-6-9-18(14-19(15)24-12-10-17-7-8-17)16(2)21-25(22,23)13-5-3-4-11-20/h6,9,14,16-17,21H,3-5,7-8,10-13,20H2,1-2H3/t16-/m0/s1. The van der Waals surface area contributed by atoms with Gasteiger partial charge in [0, 0.05) is 6.04 Å². The Labute approximate surface area is 152 Å². The van der Waals surface area contributed by atoms with Gasteiger partial charge in [0.1, 0.15) is 5.75 Å². The lowest BCUT2D eigenvalue weighted by Crippen LogP contribution is -2.29. The van der Waals surface area contributed by atoms with Gasteiger partial charge in [0.05, 0.1) is 12.4 Å². The van der Waals surface area contributed by atoms with E-state index in [0.29, 0.717) is 13.0 Å². The van der Waals surface area contributed by atoms with Gasteiger partial charge in [-0.05, 0) is 62.8 Å². The lowest BCUT2D eigenvalue weighted by atomic mass is 10.1. The number of nitrogens with one attached hydrogen (secondary N) is 1. The Morgan fingerprint density at radius 3 is 2.72 bits per heavy atom. The Kier molecular flexibility index (Phi) is 7.72. The molecule has 142 valence electrons. The Morgan fingerprint density at radius 2 is 2.04 bits per heavy atom. The van der Waals surface area contributed by atoms with Gasteiger partial charge in [0.2, 0.25) is 10.0 Å². The van der Waals surface area contributed by atoms with Crippen molar-refractivity contribution in [3.05, 3.63) is 29.3 Å². The smallest absolute Gasteiger partial charge is 0.212 e. The molecule has 5 nitrogen and oxygen atoms in total. The van der Waals surface area contributed by atoms with Crippen LogP contribution in [0.15, 0.2) is 18.2 Å². The minimum Gasteiger partial charge on any atom is -0.493 e. The average molecular weight is 369 g/mol. The maximum atomic E-state index is 12.2. The fourth-order valence-electron chi connectivity index (χ4n) is 2.79. The summed E-state index contributed by atoms with van der Waals surface area (Å²) in [6.07, 6.45) is 6.11. The van der Waals surface area contributed by atoms with Crippen LogP contribution in [0, 0.1) is 12.8 Å². The second kappa shape index (κ2) is 9.55. The average Bonchev–Trinajstić information content (AvgIpc) is 3.37. The van der Waals surface area contributed by atoms with Gasteiger partial charge in [-0.1, -0.05) is 31.4 Å². The molecule has 0 amide bonds. The maximum absolute atomic E-state index is 12.2. The highest BCUT2D eigenvalue weighted by Crippen LogP contribution is 2.32. The molecule has 0 heterocycles. The van der Waals surface area contributed by atoms with E-state index in [1.54, 1.807) is 0 Å². The largest absolute Gasteiger partial charge is 0.493 e. The minimum absolute atomic E-state index is 0.147. The molecule has 1 aromatic carbocycles. The zero-order valence-corrected chi connectivity index (χ0v) is 16.3. The van der Waals surface area contributed by atoms with Gasteiger partial charge < -0.3 is 10.5 Å². The van der Waals surface area contributed by atoms with Gasteiger partial charge in [0.25, 0.3) is 0 Å². The highest BCUT2D eigenvalue weighted by Gasteiger charge is 2.21. The molecule has 0 aromatic heterocycles. The Morgan fingerprint density at radius 1 is 1.28 bits per heavy atom. The van der Waals surface area contributed by atoms with Gasteiger partial charge in [-0.15, -0.1) is 0 Å². The van der Waals surface area contributed by atoms with Crippen molar-refractivity contribution in [2.75, 3.05) is 18.9 Å². The number of aryl methyl sites for hydroxylation is 1. The first kappa shape index (κ1) is 20.2. The van der Waals surface area contributed by atoms with Gasteiger partial charge in [0.15, 0.2) is 0 Å². The summed E-state index contributed by atoms with van der Waals surface area (Å²) in [4.78, 5) is 0. The predicted molar refractivity (Wildman–Crippen MR) is 102 cm³/mol. The van der Waals surface area contributed by atoms with Crippen molar-refractivity contribution in [1.29, 1.82) is 0 Å². The number of hydrogen-bond donors (Lipinski definition) is 2. The van der Waals surface area contributed by atoms with Crippen LogP contribution in [0.4, 0.5) is 0 Å². The van der Waals surface area contributed by atoms with E-state index in [1.807, 2.05) is 32.0 Å². The van der Waals surface area contributed by atoms with Crippen molar-refractivity contribution in [2.24, 2.45) is 11.7 Å². The van der Waals surface area contributed by atoms with Crippen molar-refractivity contribution in [3.63, 3.8) is 0 Å². The van der Waals surface area contributed by atoms with E-state index in [0.717, 1.165) is 48.7 Å². The van der Waals surface area contributed by atoms with Gasteiger partial charge in [-0.25, -0.2) is 13.1 Å². The molecule has 1 saturated carbocycles. The molecule has 25 heavy (non-hydrogen) atoms. The van der Waals surface area contributed by atoms with Crippen LogP contribution < -0.4 is 15.2 Å². The molecule has 3 N–H and O–H groups in total. The summed E-state index contributed by atoms with van der Waals surface area (Å²) in [5.41, 5.74) is 7.45. The van der Waals surface area contributed by atoms with Gasteiger partial charge in [-0.2, -0.15) is 0 Å². The Balaban J connectivity index is 1.89. The number of sulfonamides is 1. The summed E-state index contributed by atoms with van der Waals surface area (Å²) in [6.45, 7) is 5.23. The van der Waals surface area contributed by atoms with E-state index in [-0.39, 0.29) is 11.8 Å². The van der Waals surface area contributed by atoms with Crippen molar-refractivity contribution in [1.82, 2.24) is 4.72 Å². The van der Waals surface area contributed by atoms with E-state index < -0.39 is 10.0 Å². The molecule has 0 aliphatic heterocycles. The fourth-order valence-corrected chi connectivity index (χ4v) is 4.17. The third-order valence-corrected chi connectivity index (χ3v) is 6.21. The molecular weight excluding hydrogens is 336 g/mol. The van der Waals surface area contributed by atoms with Gasteiger partial charge >= 0.3 is 0 Å². The number of hydrogen-bond acceptors (Lipinski definition) is 4. The molecule has 0 unspecified atom stereocenters. The van der Waals surface area contributed by atoms with Crippen LogP contribution in [-0.4, -0.2) is 27.3 Å². The summed E-state index contributed by atoms with van der Waals surface area (Å²) < 4.78 is 33.1. The molecule has 1 aliphatic rings. The number of benzene rings is 1. The summed E-state index contributed by atoms with van der Waals surface area (Å²) in [5.74, 6) is 1.84. The maximum Gasteiger partial charge on any atom is 0.212 e. The SMILES string of the molecule is Cc1ccc([C@H](C)NS(=O)(=O)CCCCCN)cc1OCCC1CC1. The topological polar surface area (TPSA) is 81.4 Å². The molecule has 1 aliphatic carbocycles. The van der Waals surface area contributed by atoms with Crippen LogP contribution in [0.1, 0.15) is 62.6 Å². The first-order valence-corrected chi connectivity index (χ1v) is 11.0. The third kappa shape index (κ3) is 7.34. The lowest BCUT2D eigenvalue weighted by Gasteiger charge is -2.17. The first-order chi connectivity index (χ1) is 11.9. The number of nitrogens with two attached hydrogens (primary N) is 1. The monoisotopic (exact) mass is 368 g/mol. The van der Waals surface area contributed by atoms with E-state index in [9.17, 15) is 8.42 Å². The molecule has 0 spiro atoms. The quantitative estimate of drug-likeness (QED) is 0.555. The van der Waals surface area contributed by atoms with E-state index in [1.165, 1.54) is 12.8 Å². The normalized spacial score (nSPS) is 16.0. The zero-order valence-electron chi connectivity index (χ0n) is 15.5. The molecule has 1 aromatic rings. The molecule has 2 rings (SSSR count). The van der Waals surface area contributed by atoms with E-state index >= 15 is 0 Å². The van der Waals surface area contributed by atoms with Crippen molar-refractivity contribution in [2.45, 2.75) is 58.4 Å². The second-order valence-corrected chi connectivity index (χ2v) is 8.99. The van der Waals surface area contributed by atoms with Crippen LogP contribution in [0.2, 0.25) is 0 Å². The highest BCUT2D eigenvalue weighted by molar-refractivity contribution is 7.89. The van der Waals surface area contributed by atoms with Crippen LogP contribution in [0.5, 0.6) is 5.75 Å². The molecule has 6 heteroatoms. The van der Waals surface area contributed by atoms with Crippen LogP contribution >= 0.6 is 0 Å². The number of ether oxygens (including phenoxy) is 1. The van der Waals surface area contributed by atoms with Gasteiger partial charge in [-0.3, -0.25) is 0 Å². The van der Waals surface area contributed by atoms with E-state index in [4.69, 9.17) is 10.5 Å². The highest BCUT2D eigenvalue weighted by atomic mass is 32.2. The first-order valence-electron chi connectivity index (χ1n) is 9.34. The molecule has 1 atom stereocenters. The Bertz CT molecular complexity index is 642. The van der Waals surface area contributed by atoms with Crippen LogP contribution in [0.25, 0.3) is 0 Å². The fraction of sp³-hybridized carbons (Fsp3) is 0.684. The minimum atomic E-state index is -3.28. The molecule has 1 fully saturated rings. The zero-order chi connectivity index (χ0) is 18.3. The molecule has 0 saturated heterocycles.